The summed E-state index contributed by atoms with van der Waals surface area (Å²) < 4.78 is 6.76. The van der Waals surface area contributed by atoms with Gasteiger partial charge in [0.15, 0.2) is 0 Å². The van der Waals surface area contributed by atoms with Crippen LogP contribution >= 0.6 is 15.9 Å². The van der Waals surface area contributed by atoms with E-state index >= 15 is 0 Å². The zero-order chi connectivity index (χ0) is 11.4. The molecule has 2 atom stereocenters. The van der Waals surface area contributed by atoms with Gasteiger partial charge in [-0.3, -0.25) is 0 Å². The number of hydrogen-bond acceptors (Lipinski definition) is 3. The molecule has 0 amide bonds. The summed E-state index contributed by atoms with van der Waals surface area (Å²) in [6, 6.07) is 0.508. The average molecular weight is 285 g/mol. The fourth-order valence-corrected chi connectivity index (χ4v) is 2.50. The number of aromatic nitrogens is 2. The maximum Gasteiger partial charge on any atom is 0.316 e. The highest BCUT2D eigenvalue weighted by Gasteiger charge is 2.25. The molecular formula is C12H17BrN2O. The lowest BCUT2D eigenvalue weighted by Gasteiger charge is -2.30. The van der Waals surface area contributed by atoms with E-state index in [1.54, 1.807) is 12.4 Å². The van der Waals surface area contributed by atoms with E-state index < -0.39 is 0 Å². The number of halogens is 1. The van der Waals surface area contributed by atoms with Crippen molar-refractivity contribution < 1.29 is 4.74 Å². The average Bonchev–Trinajstić information content (AvgIpc) is 2.33. The van der Waals surface area contributed by atoms with Crippen LogP contribution in [0.5, 0.6) is 6.01 Å². The normalized spacial score (nSPS) is 25.4. The van der Waals surface area contributed by atoms with Crippen LogP contribution in [-0.2, 0) is 0 Å². The van der Waals surface area contributed by atoms with Crippen molar-refractivity contribution >= 4 is 15.9 Å². The van der Waals surface area contributed by atoms with Gasteiger partial charge < -0.3 is 4.74 Å². The lowest BCUT2D eigenvalue weighted by molar-refractivity contribution is 0.0808. The van der Waals surface area contributed by atoms with Gasteiger partial charge in [0.25, 0.3) is 0 Å². The van der Waals surface area contributed by atoms with Crippen molar-refractivity contribution in [2.45, 2.75) is 45.1 Å². The fraction of sp³-hybridized carbons (Fsp3) is 0.667. The van der Waals surface area contributed by atoms with Gasteiger partial charge in [-0.05, 0) is 47.5 Å². The van der Waals surface area contributed by atoms with Crippen molar-refractivity contribution in [2.75, 3.05) is 0 Å². The van der Waals surface area contributed by atoms with Crippen LogP contribution in [0.3, 0.4) is 0 Å². The van der Waals surface area contributed by atoms with E-state index in [1.807, 2.05) is 0 Å². The molecule has 0 aromatic carbocycles. The van der Waals surface area contributed by atoms with Crippen molar-refractivity contribution in [3.63, 3.8) is 0 Å². The molecule has 1 heterocycles. The van der Waals surface area contributed by atoms with E-state index in [-0.39, 0.29) is 0 Å². The Morgan fingerprint density at radius 1 is 1.31 bits per heavy atom. The zero-order valence-corrected chi connectivity index (χ0v) is 11.1. The fourth-order valence-electron chi connectivity index (χ4n) is 2.29. The molecular weight excluding hydrogens is 268 g/mol. The van der Waals surface area contributed by atoms with Crippen LogP contribution in [0.1, 0.15) is 39.0 Å². The molecule has 0 saturated heterocycles. The topological polar surface area (TPSA) is 35.0 Å². The van der Waals surface area contributed by atoms with E-state index in [1.165, 1.54) is 25.7 Å². The molecule has 1 saturated carbocycles. The van der Waals surface area contributed by atoms with Crippen LogP contribution in [0.4, 0.5) is 0 Å². The van der Waals surface area contributed by atoms with Crippen LogP contribution in [0.15, 0.2) is 16.9 Å². The summed E-state index contributed by atoms with van der Waals surface area (Å²) >= 11 is 3.32. The van der Waals surface area contributed by atoms with E-state index in [0.29, 0.717) is 18.0 Å². The quantitative estimate of drug-likeness (QED) is 0.851. The summed E-state index contributed by atoms with van der Waals surface area (Å²) in [4.78, 5) is 8.32. The predicted molar refractivity (Wildman–Crippen MR) is 66.4 cm³/mol. The summed E-state index contributed by atoms with van der Waals surface area (Å²) in [5.41, 5.74) is 0. The number of hydrogen-bond donors (Lipinski definition) is 0. The van der Waals surface area contributed by atoms with Gasteiger partial charge >= 0.3 is 6.01 Å². The van der Waals surface area contributed by atoms with Gasteiger partial charge in [0.1, 0.15) is 6.10 Å². The second-order valence-corrected chi connectivity index (χ2v) is 5.21. The molecule has 0 spiro atoms. The van der Waals surface area contributed by atoms with Crippen LogP contribution in [-0.4, -0.2) is 16.1 Å². The minimum atomic E-state index is 0.305. The third-order valence-electron chi connectivity index (χ3n) is 3.22. The third kappa shape index (κ3) is 2.94. The second-order valence-electron chi connectivity index (χ2n) is 4.29. The molecule has 88 valence electrons. The summed E-state index contributed by atoms with van der Waals surface area (Å²) in [5, 5.41) is 0. The van der Waals surface area contributed by atoms with E-state index in [9.17, 15) is 0 Å². The van der Waals surface area contributed by atoms with E-state index in [0.717, 1.165) is 10.9 Å². The highest BCUT2D eigenvalue weighted by atomic mass is 79.9. The van der Waals surface area contributed by atoms with Crippen molar-refractivity contribution in [3.05, 3.63) is 16.9 Å². The minimum absolute atomic E-state index is 0.305. The molecule has 1 aromatic rings. The van der Waals surface area contributed by atoms with Gasteiger partial charge in [0, 0.05) is 12.4 Å². The molecule has 2 rings (SSSR count). The second kappa shape index (κ2) is 5.62. The molecule has 3 nitrogen and oxygen atoms in total. The first-order valence-electron chi connectivity index (χ1n) is 5.93. The smallest absolute Gasteiger partial charge is 0.316 e. The Bertz CT molecular complexity index is 328. The third-order valence-corrected chi connectivity index (χ3v) is 3.63. The first-order chi connectivity index (χ1) is 7.79. The van der Waals surface area contributed by atoms with Crippen molar-refractivity contribution in [2.24, 2.45) is 5.92 Å². The largest absolute Gasteiger partial charge is 0.460 e. The number of rotatable bonds is 3. The number of nitrogens with zero attached hydrogens (tertiary/aromatic N) is 2. The standard InChI is InChI=1S/C12H17BrN2O/c1-2-9-5-3-4-6-11(9)16-12-14-7-10(13)8-15-12/h7-9,11H,2-6H2,1H3. The van der Waals surface area contributed by atoms with Crippen LogP contribution in [0.25, 0.3) is 0 Å². The Kier molecular flexibility index (Phi) is 4.16. The molecule has 16 heavy (non-hydrogen) atoms. The van der Waals surface area contributed by atoms with E-state index in [2.05, 4.69) is 32.8 Å². The minimum Gasteiger partial charge on any atom is -0.460 e. The van der Waals surface area contributed by atoms with Gasteiger partial charge in [-0.2, -0.15) is 0 Å². The molecule has 0 radical (unpaired) electrons. The maximum absolute atomic E-state index is 5.87. The van der Waals surface area contributed by atoms with Gasteiger partial charge in [0.2, 0.25) is 0 Å². The van der Waals surface area contributed by atoms with Crippen molar-refractivity contribution in [3.8, 4) is 6.01 Å². The van der Waals surface area contributed by atoms with E-state index in [4.69, 9.17) is 4.74 Å². The molecule has 1 aliphatic rings. The van der Waals surface area contributed by atoms with Crippen molar-refractivity contribution in [1.82, 2.24) is 9.97 Å². The van der Waals surface area contributed by atoms with Crippen LogP contribution in [0.2, 0.25) is 0 Å². The molecule has 0 N–H and O–H groups in total. The van der Waals surface area contributed by atoms with Crippen LogP contribution in [0, 0.1) is 5.92 Å². The first-order valence-corrected chi connectivity index (χ1v) is 6.73. The molecule has 1 aliphatic carbocycles. The highest BCUT2D eigenvalue weighted by Crippen LogP contribution is 2.29. The Hall–Kier alpha value is -0.640. The zero-order valence-electron chi connectivity index (χ0n) is 9.53. The van der Waals surface area contributed by atoms with Gasteiger partial charge in [-0.25, -0.2) is 9.97 Å². The molecule has 1 fully saturated rings. The lowest BCUT2D eigenvalue weighted by atomic mass is 9.85. The highest BCUT2D eigenvalue weighted by molar-refractivity contribution is 9.10. The van der Waals surface area contributed by atoms with Gasteiger partial charge in [-0.15, -0.1) is 0 Å². The maximum atomic E-state index is 5.87. The molecule has 2 unspecified atom stereocenters. The van der Waals surface area contributed by atoms with Gasteiger partial charge in [0.05, 0.1) is 4.47 Å². The Labute approximate surface area is 105 Å². The SMILES string of the molecule is CCC1CCCCC1Oc1ncc(Br)cn1. The Balaban J connectivity index is 1.99. The monoisotopic (exact) mass is 284 g/mol. The van der Waals surface area contributed by atoms with Gasteiger partial charge in [-0.1, -0.05) is 13.3 Å². The summed E-state index contributed by atoms with van der Waals surface area (Å²) in [6.07, 6.45) is 9.95. The summed E-state index contributed by atoms with van der Waals surface area (Å²) in [7, 11) is 0. The lowest BCUT2D eigenvalue weighted by Crippen LogP contribution is -2.30. The Morgan fingerprint density at radius 2 is 2.00 bits per heavy atom. The Morgan fingerprint density at radius 3 is 2.69 bits per heavy atom. The first kappa shape index (κ1) is 11.8. The molecule has 1 aromatic heterocycles. The predicted octanol–water partition coefficient (Wildman–Crippen LogP) is 3.59. The summed E-state index contributed by atoms with van der Waals surface area (Å²) in [6.45, 7) is 2.23. The van der Waals surface area contributed by atoms with Crippen molar-refractivity contribution in [1.29, 1.82) is 0 Å². The molecule has 0 aliphatic heterocycles. The summed E-state index contributed by atoms with van der Waals surface area (Å²) in [5.74, 6) is 0.668. The molecule has 0 bridgehead atoms. The molecule has 4 heteroatoms. The number of ether oxygens (including phenoxy) is 1. The van der Waals surface area contributed by atoms with Crippen LogP contribution < -0.4 is 4.74 Å².